The minimum atomic E-state index is -0.500. The van der Waals surface area contributed by atoms with Gasteiger partial charge in [-0.1, -0.05) is 6.07 Å². The third-order valence-electron chi connectivity index (χ3n) is 2.86. The molecule has 1 heterocycles. The number of aliphatic hydroxyl groups is 1. The first-order chi connectivity index (χ1) is 10.2. The summed E-state index contributed by atoms with van der Waals surface area (Å²) in [5.41, 5.74) is 0.833. The predicted molar refractivity (Wildman–Crippen MR) is 77.5 cm³/mol. The van der Waals surface area contributed by atoms with E-state index in [1.807, 2.05) is 22.9 Å². The minimum absolute atomic E-state index is 0.334. The van der Waals surface area contributed by atoms with E-state index in [-0.39, 0.29) is 11.6 Å². The number of ether oxygens (including phenoxy) is 1. The number of rotatable bonds is 7. The van der Waals surface area contributed by atoms with Crippen LogP contribution in [0.3, 0.4) is 0 Å². The Bertz CT molecular complexity index is 634. The molecule has 110 valence electrons. The SMILES string of the molecule is O=C(/C=C/c1cccn1CCOc1cccc(F)c1)CO. The molecule has 2 rings (SSSR count). The van der Waals surface area contributed by atoms with Gasteiger partial charge in [-0.15, -0.1) is 0 Å². The number of ketones is 1. The Morgan fingerprint density at radius 2 is 2.19 bits per heavy atom. The van der Waals surface area contributed by atoms with E-state index in [2.05, 4.69) is 0 Å². The van der Waals surface area contributed by atoms with Crippen molar-refractivity contribution in [1.29, 1.82) is 0 Å². The van der Waals surface area contributed by atoms with Crippen LogP contribution in [0.5, 0.6) is 5.75 Å². The van der Waals surface area contributed by atoms with E-state index in [0.717, 1.165) is 5.69 Å². The summed E-state index contributed by atoms with van der Waals surface area (Å²) in [6.45, 7) is 0.448. The topological polar surface area (TPSA) is 51.5 Å². The van der Waals surface area contributed by atoms with Crippen molar-refractivity contribution in [2.24, 2.45) is 0 Å². The number of benzene rings is 1. The molecule has 0 fully saturated rings. The maximum absolute atomic E-state index is 13.0. The molecule has 1 aromatic carbocycles. The molecular weight excluding hydrogens is 273 g/mol. The van der Waals surface area contributed by atoms with Gasteiger partial charge in [0.25, 0.3) is 0 Å². The molecule has 4 nitrogen and oxygen atoms in total. The van der Waals surface area contributed by atoms with Gasteiger partial charge < -0.3 is 14.4 Å². The molecule has 0 radical (unpaired) electrons. The third-order valence-corrected chi connectivity index (χ3v) is 2.86. The number of nitrogens with zero attached hydrogens (tertiary/aromatic N) is 1. The van der Waals surface area contributed by atoms with Crippen molar-refractivity contribution in [3.8, 4) is 5.75 Å². The number of aliphatic hydroxyl groups excluding tert-OH is 1. The van der Waals surface area contributed by atoms with E-state index < -0.39 is 6.61 Å². The number of carbonyl (C=O) groups excluding carboxylic acids is 1. The summed E-state index contributed by atoms with van der Waals surface area (Å²) in [6, 6.07) is 9.68. The first-order valence-corrected chi connectivity index (χ1v) is 6.54. The molecule has 1 aromatic heterocycles. The summed E-state index contributed by atoms with van der Waals surface area (Å²) in [6.07, 6.45) is 4.83. The van der Waals surface area contributed by atoms with Gasteiger partial charge in [0.1, 0.15) is 24.8 Å². The molecule has 0 unspecified atom stereocenters. The molecule has 0 saturated heterocycles. The van der Waals surface area contributed by atoms with E-state index in [1.165, 1.54) is 18.2 Å². The summed E-state index contributed by atoms with van der Waals surface area (Å²) < 4.78 is 20.4. The molecule has 0 spiro atoms. The summed E-state index contributed by atoms with van der Waals surface area (Å²) in [5, 5.41) is 8.66. The minimum Gasteiger partial charge on any atom is -0.492 e. The van der Waals surface area contributed by atoms with Crippen molar-refractivity contribution in [2.45, 2.75) is 6.54 Å². The van der Waals surface area contributed by atoms with Crippen LogP contribution in [0.4, 0.5) is 4.39 Å². The molecule has 0 aliphatic carbocycles. The average Bonchev–Trinajstić information content (AvgIpc) is 2.92. The highest BCUT2D eigenvalue weighted by atomic mass is 19.1. The van der Waals surface area contributed by atoms with Crippen LogP contribution in [0.25, 0.3) is 6.08 Å². The fourth-order valence-corrected chi connectivity index (χ4v) is 1.83. The van der Waals surface area contributed by atoms with Crippen LogP contribution >= 0.6 is 0 Å². The molecule has 0 aliphatic rings. The smallest absolute Gasteiger partial charge is 0.181 e. The van der Waals surface area contributed by atoms with Crippen molar-refractivity contribution < 1.29 is 19.0 Å². The zero-order valence-electron chi connectivity index (χ0n) is 11.4. The Hall–Kier alpha value is -2.40. The lowest BCUT2D eigenvalue weighted by molar-refractivity contribution is -0.117. The molecule has 0 amide bonds. The Morgan fingerprint density at radius 3 is 2.95 bits per heavy atom. The second kappa shape index (κ2) is 7.40. The summed E-state index contributed by atoms with van der Waals surface area (Å²) in [4.78, 5) is 11.0. The van der Waals surface area contributed by atoms with E-state index >= 15 is 0 Å². The monoisotopic (exact) mass is 289 g/mol. The zero-order valence-corrected chi connectivity index (χ0v) is 11.4. The van der Waals surface area contributed by atoms with E-state index in [1.54, 1.807) is 18.2 Å². The second-order valence-corrected chi connectivity index (χ2v) is 4.39. The summed E-state index contributed by atoms with van der Waals surface area (Å²) >= 11 is 0. The fraction of sp³-hybridized carbons (Fsp3) is 0.188. The first-order valence-electron chi connectivity index (χ1n) is 6.54. The van der Waals surface area contributed by atoms with Gasteiger partial charge in [0.15, 0.2) is 5.78 Å². The third kappa shape index (κ3) is 4.57. The highest BCUT2D eigenvalue weighted by molar-refractivity contribution is 5.94. The van der Waals surface area contributed by atoms with Gasteiger partial charge >= 0.3 is 0 Å². The van der Waals surface area contributed by atoms with Crippen LogP contribution in [0.1, 0.15) is 5.69 Å². The van der Waals surface area contributed by atoms with Crippen LogP contribution in [0, 0.1) is 5.82 Å². The average molecular weight is 289 g/mol. The zero-order chi connectivity index (χ0) is 15.1. The van der Waals surface area contributed by atoms with Crippen molar-refractivity contribution in [1.82, 2.24) is 4.57 Å². The summed E-state index contributed by atoms with van der Waals surface area (Å²) in [5.74, 6) is -0.201. The lowest BCUT2D eigenvalue weighted by Gasteiger charge is -2.09. The lowest BCUT2D eigenvalue weighted by atomic mass is 10.3. The van der Waals surface area contributed by atoms with E-state index in [9.17, 15) is 9.18 Å². The molecule has 5 heteroatoms. The Balaban J connectivity index is 1.91. The largest absolute Gasteiger partial charge is 0.492 e. The molecule has 0 aliphatic heterocycles. The van der Waals surface area contributed by atoms with Gasteiger partial charge in [0, 0.05) is 18.0 Å². The van der Waals surface area contributed by atoms with Crippen molar-refractivity contribution in [3.63, 3.8) is 0 Å². The highest BCUT2D eigenvalue weighted by Gasteiger charge is 2.00. The number of hydrogen-bond acceptors (Lipinski definition) is 3. The lowest BCUT2D eigenvalue weighted by Crippen LogP contribution is -2.08. The van der Waals surface area contributed by atoms with Crippen LogP contribution in [0.15, 0.2) is 48.7 Å². The quantitative estimate of drug-likeness (QED) is 0.796. The number of aromatic nitrogens is 1. The van der Waals surface area contributed by atoms with Crippen molar-refractivity contribution in [3.05, 3.63) is 60.2 Å². The van der Waals surface area contributed by atoms with Crippen molar-refractivity contribution in [2.75, 3.05) is 13.2 Å². The Labute approximate surface area is 122 Å². The maximum atomic E-state index is 13.0. The molecular formula is C16H16FNO3. The fourth-order valence-electron chi connectivity index (χ4n) is 1.83. The molecule has 0 atom stereocenters. The Morgan fingerprint density at radius 1 is 1.33 bits per heavy atom. The second-order valence-electron chi connectivity index (χ2n) is 4.39. The van der Waals surface area contributed by atoms with Gasteiger partial charge in [0.05, 0.1) is 6.54 Å². The van der Waals surface area contributed by atoms with Crippen LogP contribution < -0.4 is 4.74 Å². The van der Waals surface area contributed by atoms with Gasteiger partial charge in [0.2, 0.25) is 0 Å². The van der Waals surface area contributed by atoms with Crippen LogP contribution in [-0.2, 0) is 11.3 Å². The maximum Gasteiger partial charge on any atom is 0.181 e. The van der Waals surface area contributed by atoms with E-state index in [4.69, 9.17) is 9.84 Å². The molecule has 21 heavy (non-hydrogen) atoms. The van der Waals surface area contributed by atoms with Crippen molar-refractivity contribution >= 4 is 11.9 Å². The van der Waals surface area contributed by atoms with Crippen LogP contribution in [-0.4, -0.2) is 28.7 Å². The standard InChI is InChI=1S/C16H16FNO3/c17-13-3-1-5-16(11-13)21-10-9-18-8-2-4-14(18)6-7-15(20)12-19/h1-8,11,19H,9-10,12H2/b7-6+. The van der Waals surface area contributed by atoms with Gasteiger partial charge in [-0.05, 0) is 36.4 Å². The Kier molecular flexibility index (Phi) is 5.29. The highest BCUT2D eigenvalue weighted by Crippen LogP contribution is 2.12. The summed E-state index contributed by atoms with van der Waals surface area (Å²) in [7, 11) is 0. The molecule has 0 saturated carbocycles. The first kappa shape index (κ1) is 15.0. The molecule has 1 N–H and O–H groups in total. The van der Waals surface area contributed by atoms with E-state index in [0.29, 0.717) is 18.9 Å². The molecule has 2 aromatic rings. The normalized spacial score (nSPS) is 11.0. The number of halogens is 1. The van der Waals surface area contributed by atoms with Gasteiger partial charge in [-0.2, -0.15) is 0 Å². The van der Waals surface area contributed by atoms with Gasteiger partial charge in [-0.3, -0.25) is 4.79 Å². The molecule has 0 bridgehead atoms. The van der Waals surface area contributed by atoms with Gasteiger partial charge in [-0.25, -0.2) is 4.39 Å². The number of hydrogen-bond donors (Lipinski definition) is 1. The van der Waals surface area contributed by atoms with Crippen LogP contribution in [0.2, 0.25) is 0 Å². The predicted octanol–water partition coefficient (Wildman–Crippen LogP) is 2.28. The number of carbonyl (C=O) groups is 1.